The molecule has 1 fully saturated rings. The van der Waals surface area contributed by atoms with Gasteiger partial charge in [0.05, 0.1) is 0 Å². The Morgan fingerprint density at radius 3 is 1.67 bits per heavy atom. The summed E-state index contributed by atoms with van der Waals surface area (Å²) >= 11 is 0. The third-order valence-electron chi connectivity index (χ3n) is 3.00. The van der Waals surface area contributed by atoms with Gasteiger partial charge in [-0.2, -0.15) is 0 Å². The summed E-state index contributed by atoms with van der Waals surface area (Å²) < 4.78 is 0. The fraction of sp³-hybridized carbons (Fsp3) is 1.00. The van der Waals surface area contributed by atoms with Crippen molar-refractivity contribution in [2.45, 2.75) is 46.5 Å². The first kappa shape index (κ1) is 14.4. The predicted molar refractivity (Wildman–Crippen MR) is 56.0 cm³/mol. The molecule has 2 heteroatoms. The summed E-state index contributed by atoms with van der Waals surface area (Å²) in [5, 5.41) is 0. The van der Waals surface area contributed by atoms with Crippen LogP contribution in [-0.2, 0) is 0 Å². The second-order valence-electron chi connectivity index (χ2n) is 4.26. The molecule has 76 valence electrons. The van der Waals surface area contributed by atoms with Gasteiger partial charge in [0.25, 0.3) is 0 Å². The van der Waals surface area contributed by atoms with E-state index in [2.05, 4.69) is 20.8 Å². The molecule has 1 aliphatic rings. The largest absolute Gasteiger partial charge is 0.344 e. The SMILES string of the molecule is CC1CCC(C(C)C)CC1.N.N. The molecule has 0 atom stereocenters. The van der Waals surface area contributed by atoms with Gasteiger partial charge < -0.3 is 12.3 Å². The maximum absolute atomic E-state index is 2.39. The van der Waals surface area contributed by atoms with Crippen molar-refractivity contribution in [3.63, 3.8) is 0 Å². The fourth-order valence-electron chi connectivity index (χ4n) is 1.95. The average molecular weight is 174 g/mol. The van der Waals surface area contributed by atoms with Crippen molar-refractivity contribution in [2.24, 2.45) is 17.8 Å². The number of hydrogen-bond acceptors (Lipinski definition) is 2. The third kappa shape index (κ3) is 4.07. The van der Waals surface area contributed by atoms with Crippen LogP contribution in [-0.4, -0.2) is 0 Å². The lowest BCUT2D eigenvalue weighted by molar-refractivity contribution is 0.234. The Kier molecular flexibility index (Phi) is 7.75. The van der Waals surface area contributed by atoms with Crippen molar-refractivity contribution in [1.82, 2.24) is 12.3 Å². The molecule has 6 N–H and O–H groups in total. The summed E-state index contributed by atoms with van der Waals surface area (Å²) in [5.74, 6) is 2.97. The Labute approximate surface area is 77.3 Å². The van der Waals surface area contributed by atoms with E-state index >= 15 is 0 Å². The van der Waals surface area contributed by atoms with Crippen LogP contribution in [0.5, 0.6) is 0 Å². The molecule has 0 bridgehead atoms. The van der Waals surface area contributed by atoms with Gasteiger partial charge in [0.2, 0.25) is 0 Å². The topological polar surface area (TPSA) is 70.0 Å². The van der Waals surface area contributed by atoms with E-state index in [0.717, 1.165) is 17.8 Å². The Hall–Kier alpha value is -0.0800. The van der Waals surface area contributed by atoms with Crippen molar-refractivity contribution in [3.05, 3.63) is 0 Å². The minimum Gasteiger partial charge on any atom is -0.344 e. The van der Waals surface area contributed by atoms with Crippen LogP contribution in [0.4, 0.5) is 0 Å². The smallest absolute Gasteiger partial charge is 0.0391 e. The summed E-state index contributed by atoms with van der Waals surface area (Å²) in [6.45, 7) is 7.11. The Bertz CT molecular complexity index is 94.0. The first-order valence-corrected chi connectivity index (χ1v) is 4.70. The predicted octanol–water partition coefficient (Wildman–Crippen LogP) is 3.79. The number of rotatable bonds is 1. The first-order chi connectivity index (χ1) is 4.70. The van der Waals surface area contributed by atoms with Crippen LogP contribution in [0.3, 0.4) is 0 Å². The molecule has 0 radical (unpaired) electrons. The van der Waals surface area contributed by atoms with Crippen molar-refractivity contribution in [1.29, 1.82) is 0 Å². The zero-order chi connectivity index (χ0) is 7.56. The highest BCUT2D eigenvalue weighted by Crippen LogP contribution is 2.32. The van der Waals surface area contributed by atoms with Crippen molar-refractivity contribution in [3.8, 4) is 0 Å². The molecule has 0 aliphatic heterocycles. The van der Waals surface area contributed by atoms with E-state index in [1.807, 2.05) is 0 Å². The minimum absolute atomic E-state index is 0. The highest BCUT2D eigenvalue weighted by Gasteiger charge is 2.19. The molecular weight excluding hydrogens is 148 g/mol. The summed E-state index contributed by atoms with van der Waals surface area (Å²) in [5.41, 5.74) is 0. The van der Waals surface area contributed by atoms with E-state index < -0.39 is 0 Å². The van der Waals surface area contributed by atoms with Crippen LogP contribution in [0.2, 0.25) is 0 Å². The highest BCUT2D eigenvalue weighted by atomic mass is 14.3. The molecule has 2 nitrogen and oxygen atoms in total. The minimum atomic E-state index is 0. The monoisotopic (exact) mass is 174 g/mol. The Morgan fingerprint density at radius 1 is 0.917 bits per heavy atom. The van der Waals surface area contributed by atoms with Gasteiger partial charge in [0, 0.05) is 0 Å². The van der Waals surface area contributed by atoms with Crippen LogP contribution in [0.1, 0.15) is 46.5 Å². The van der Waals surface area contributed by atoms with Crippen molar-refractivity contribution < 1.29 is 0 Å². The van der Waals surface area contributed by atoms with E-state index in [4.69, 9.17) is 0 Å². The first-order valence-electron chi connectivity index (χ1n) is 4.70. The second kappa shape index (κ2) is 6.44. The van der Waals surface area contributed by atoms with Crippen LogP contribution in [0.25, 0.3) is 0 Å². The van der Waals surface area contributed by atoms with Crippen LogP contribution >= 0.6 is 0 Å². The fourth-order valence-corrected chi connectivity index (χ4v) is 1.95. The van der Waals surface area contributed by atoms with Crippen LogP contribution in [0.15, 0.2) is 0 Å². The third-order valence-corrected chi connectivity index (χ3v) is 3.00. The highest BCUT2D eigenvalue weighted by molar-refractivity contribution is 4.71. The Balaban J connectivity index is 0. The lowest BCUT2D eigenvalue weighted by atomic mass is 9.78. The standard InChI is InChI=1S/C10H20.2H3N/c1-8(2)10-6-4-9(3)5-7-10;;/h8-10H,4-7H2,1-3H3;2*1H3. The molecule has 1 aliphatic carbocycles. The molecule has 0 spiro atoms. The normalized spacial score (nSPS) is 29.0. The van der Waals surface area contributed by atoms with Gasteiger partial charge in [-0.1, -0.05) is 33.6 Å². The Morgan fingerprint density at radius 2 is 1.33 bits per heavy atom. The van der Waals surface area contributed by atoms with Gasteiger partial charge >= 0.3 is 0 Å². The van der Waals surface area contributed by atoms with Gasteiger partial charge in [0.15, 0.2) is 0 Å². The summed E-state index contributed by atoms with van der Waals surface area (Å²) in [6, 6.07) is 0. The zero-order valence-electron chi connectivity index (χ0n) is 8.97. The molecule has 12 heavy (non-hydrogen) atoms. The van der Waals surface area contributed by atoms with Crippen LogP contribution in [0, 0.1) is 17.8 Å². The molecule has 0 aromatic rings. The maximum Gasteiger partial charge on any atom is -0.0391 e. The van der Waals surface area contributed by atoms with E-state index in [1.165, 1.54) is 25.7 Å². The molecule has 0 unspecified atom stereocenters. The lowest BCUT2D eigenvalue weighted by Gasteiger charge is -2.28. The summed E-state index contributed by atoms with van der Waals surface area (Å²) in [7, 11) is 0. The van der Waals surface area contributed by atoms with Crippen molar-refractivity contribution in [2.75, 3.05) is 0 Å². The molecule has 1 rings (SSSR count). The molecule has 0 heterocycles. The van der Waals surface area contributed by atoms with E-state index in [-0.39, 0.29) is 12.3 Å². The molecular formula is C10H26N2. The average Bonchev–Trinajstić information content (AvgIpc) is 1.88. The van der Waals surface area contributed by atoms with Gasteiger partial charge in [-0.3, -0.25) is 0 Å². The van der Waals surface area contributed by atoms with E-state index in [0.29, 0.717) is 0 Å². The lowest BCUT2D eigenvalue weighted by Crippen LogP contribution is -2.16. The zero-order valence-corrected chi connectivity index (χ0v) is 8.97. The van der Waals surface area contributed by atoms with Gasteiger partial charge in [-0.25, -0.2) is 0 Å². The number of hydrogen-bond donors (Lipinski definition) is 2. The van der Waals surface area contributed by atoms with E-state index in [1.54, 1.807) is 0 Å². The second-order valence-corrected chi connectivity index (χ2v) is 4.26. The van der Waals surface area contributed by atoms with Gasteiger partial charge in [-0.05, 0) is 30.6 Å². The molecule has 0 amide bonds. The molecule has 0 saturated heterocycles. The van der Waals surface area contributed by atoms with Crippen molar-refractivity contribution >= 4 is 0 Å². The molecule has 0 aromatic carbocycles. The molecule has 0 aromatic heterocycles. The van der Waals surface area contributed by atoms with Gasteiger partial charge in [0.1, 0.15) is 0 Å². The molecule has 1 saturated carbocycles. The van der Waals surface area contributed by atoms with E-state index in [9.17, 15) is 0 Å². The summed E-state index contributed by atoms with van der Waals surface area (Å²) in [6.07, 6.45) is 5.92. The quantitative estimate of drug-likeness (QED) is 0.635. The maximum atomic E-state index is 2.39. The van der Waals surface area contributed by atoms with Gasteiger partial charge in [-0.15, -0.1) is 0 Å². The summed E-state index contributed by atoms with van der Waals surface area (Å²) in [4.78, 5) is 0. The van der Waals surface area contributed by atoms with Crippen LogP contribution < -0.4 is 12.3 Å².